The molecule has 1 saturated heterocycles. The number of nitrogens with one attached hydrogen (secondary N) is 1. The second kappa shape index (κ2) is 9.00. The summed E-state index contributed by atoms with van der Waals surface area (Å²) < 4.78 is 0.635. The van der Waals surface area contributed by atoms with Crippen molar-refractivity contribution in [3.63, 3.8) is 0 Å². The number of carboxylic acid groups (broad SMARTS) is 1. The number of hydrogen-bond acceptors (Lipinski definition) is 9. The Labute approximate surface area is 188 Å². The molecular formula is C18H16N4O4S4. The monoisotopic (exact) mass is 480 g/mol. The fraction of sp³-hybridized carbons (Fsp3) is 0.278. The minimum Gasteiger partial charge on any atom is -0.477 e. The lowest BCUT2D eigenvalue weighted by atomic mass is 10.1. The summed E-state index contributed by atoms with van der Waals surface area (Å²) >= 11 is 5.41. The Kier molecular flexibility index (Phi) is 6.37. The molecule has 30 heavy (non-hydrogen) atoms. The Morgan fingerprint density at radius 3 is 2.73 bits per heavy atom. The molecule has 1 fully saturated rings. The number of aliphatic carboxylic acids is 1. The summed E-state index contributed by atoms with van der Waals surface area (Å²) in [5, 5.41) is 20.8. The Hall–Kier alpha value is -2.02. The van der Waals surface area contributed by atoms with Crippen molar-refractivity contribution < 1.29 is 19.5 Å². The number of benzene rings is 1. The highest BCUT2D eigenvalue weighted by molar-refractivity contribution is 8.07. The number of thioether (sulfide) groups is 3. The van der Waals surface area contributed by atoms with Gasteiger partial charge in [-0.3, -0.25) is 14.5 Å². The molecule has 2 amide bonds. The molecule has 1 aromatic carbocycles. The molecular weight excluding hydrogens is 464 g/mol. The molecule has 0 bridgehead atoms. The maximum Gasteiger partial charge on any atom is 0.353 e. The molecule has 2 aromatic rings. The van der Waals surface area contributed by atoms with Crippen molar-refractivity contribution in [2.45, 2.75) is 27.6 Å². The van der Waals surface area contributed by atoms with Crippen LogP contribution in [-0.2, 0) is 14.4 Å². The Bertz CT molecular complexity index is 1030. The van der Waals surface area contributed by atoms with E-state index >= 15 is 0 Å². The van der Waals surface area contributed by atoms with Crippen molar-refractivity contribution in [3.05, 3.63) is 45.9 Å². The van der Waals surface area contributed by atoms with Gasteiger partial charge in [0.2, 0.25) is 5.91 Å². The van der Waals surface area contributed by atoms with Gasteiger partial charge in [-0.05, 0) is 19.1 Å². The molecule has 2 aliphatic heterocycles. The van der Waals surface area contributed by atoms with Gasteiger partial charge in [-0.2, -0.15) is 0 Å². The van der Waals surface area contributed by atoms with Crippen LogP contribution in [0.4, 0.5) is 0 Å². The largest absolute Gasteiger partial charge is 0.477 e. The summed E-state index contributed by atoms with van der Waals surface area (Å²) in [5.41, 5.74) is -0.0363. The van der Waals surface area contributed by atoms with Crippen molar-refractivity contribution in [1.29, 1.82) is 0 Å². The van der Waals surface area contributed by atoms with Crippen LogP contribution in [0.15, 0.2) is 50.2 Å². The number of nitrogens with zero attached hydrogens (tertiary/aromatic N) is 3. The van der Waals surface area contributed by atoms with Gasteiger partial charge in [-0.25, -0.2) is 4.79 Å². The lowest BCUT2D eigenvalue weighted by molar-refractivity contribution is -0.150. The van der Waals surface area contributed by atoms with Crippen LogP contribution in [0.25, 0.3) is 0 Å². The molecule has 2 atom stereocenters. The van der Waals surface area contributed by atoms with E-state index < -0.39 is 23.3 Å². The Morgan fingerprint density at radius 2 is 2.07 bits per heavy atom. The van der Waals surface area contributed by atoms with Gasteiger partial charge in [0, 0.05) is 15.6 Å². The van der Waals surface area contributed by atoms with E-state index in [2.05, 4.69) is 15.5 Å². The highest BCUT2D eigenvalue weighted by atomic mass is 32.2. The van der Waals surface area contributed by atoms with Crippen LogP contribution in [0.3, 0.4) is 0 Å². The van der Waals surface area contributed by atoms with E-state index in [0.717, 1.165) is 9.90 Å². The zero-order valence-corrected chi connectivity index (χ0v) is 18.9. The van der Waals surface area contributed by atoms with E-state index in [1.807, 2.05) is 37.3 Å². The quantitative estimate of drug-likeness (QED) is 0.456. The summed E-state index contributed by atoms with van der Waals surface area (Å²) in [6.07, 6.45) is 0. The fourth-order valence-corrected chi connectivity index (χ4v) is 7.16. The number of fused-ring (bicyclic) bond motifs is 1. The first-order valence-corrected chi connectivity index (χ1v) is 12.5. The molecule has 0 aliphatic carbocycles. The van der Waals surface area contributed by atoms with Crippen LogP contribution in [0.5, 0.6) is 0 Å². The number of aryl methyl sites for hydroxylation is 1. The number of rotatable bonds is 7. The van der Waals surface area contributed by atoms with E-state index in [4.69, 9.17) is 0 Å². The average molecular weight is 481 g/mol. The molecule has 2 N–H and O–H groups in total. The third-order valence-electron chi connectivity index (χ3n) is 4.28. The van der Waals surface area contributed by atoms with Crippen molar-refractivity contribution in [1.82, 2.24) is 20.4 Å². The van der Waals surface area contributed by atoms with Gasteiger partial charge in [0.15, 0.2) is 4.34 Å². The molecule has 0 unspecified atom stereocenters. The second-order valence-electron chi connectivity index (χ2n) is 6.32. The van der Waals surface area contributed by atoms with E-state index in [9.17, 15) is 19.5 Å². The molecule has 8 nitrogen and oxygen atoms in total. The smallest absolute Gasteiger partial charge is 0.353 e. The molecule has 0 radical (unpaired) electrons. The fourth-order valence-electron chi connectivity index (χ4n) is 2.98. The highest BCUT2D eigenvalue weighted by Crippen LogP contribution is 2.45. The minimum atomic E-state index is -1.17. The van der Waals surface area contributed by atoms with Gasteiger partial charge >= 0.3 is 5.97 Å². The summed E-state index contributed by atoms with van der Waals surface area (Å²) in [5.74, 6) is -1.22. The Morgan fingerprint density at radius 1 is 1.30 bits per heavy atom. The normalized spacial score (nSPS) is 20.6. The third-order valence-corrected chi connectivity index (χ3v) is 8.73. The minimum absolute atomic E-state index is 0.0363. The number of hydrogen-bond donors (Lipinski definition) is 2. The molecule has 12 heteroatoms. The number of β-lactam (4-membered cyclic amide) rings is 1. The van der Waals surface area contributed by atoms with Crippen LogP contribution < -0.4 is 5.32 Å². The topological polar surface area (TPSA) is 112 Å². The maximum absolute atomic E-state index is 12.7. The maximum atomic E-state index is 12.7. The van der Waals surface area contributed by atoms with Gasteiger partial charge in [-0.15, -0.1) is 33.7 Å². The molecule has 3 heterocycles. The van der Waals surface area contributed by atoms with Gasteiger partial charge in [0.1, 0.15) is 22.1 Å². The molecule has 1 aromatic heterocycles. The van der Waals surface area contributed by atoms with Crippen LogP contribution in [0, 0.1) is 6.92 Å². The number of amides is 2. The lowest BCUT2D eigenvalue weighted by Gasteiger charge is -2.49. The number of carbonyl (C=O) groups excluding carboxylic acids is 2. The van der Waals surface area contributed by atoms with Crippen molar-refractivity contribution >= 4 is 64.4 Å². The first-order chi connectivity index (χ1) is 14.4. The summed E-state index contributed by atoms with van der Waals surface area (Å²) in [6.45, 7) is 1.82. The molecule has 4 rings (SSSR count). The third kappa shape index (κ3) is 4.36. The summed E-state index contributed by atoms with van der Waals surface area (Å²) in [4.78, 5) is 39.7. The zero-order valence-electron chi connectivity index (χ0n) is 15.6. The van der Waals surface area contributed by atoms with Crippen molar-refractivity contribution in [2.75, 3.05) is 11.5 Å². The lowest BCUT2D eigenvalue weighted by Crippen LogP contribution is -2.70. The number of carboxylic acids is 1. The molecule has 156 valence electrons. The van der Waals surface area contributed by atoms with Gasteiger partial charge in [-0.1, -0.05) is 41.3 Å². The van der Waals surface area contributed by atoms with Crippen molar-refractivity contribution in [2.24, 2.45) is 0 Å². The van der Waals surface area contributed by atoms with Crippen LogP contribution >= 0.6 is 46.6 Å². The van der Waals surface area contributed by atoms with Crippen LogP contribution in [-0.4, -0.2) is 60.9 Å². The Balaban J connectivity index is 1.42. The van der Waals surface area contributed by atoms with E-state index in [-0.39, 0.29) is 17.4 Å². The average Bonchev–Trinajstić information content (AvgIpc) is 3.15. The highest BCUT2D eigenvalue weighted by Gasteiger charge is 2.54. The molecule has 2 aliphatic rings. The number of aromatic nitrogens is 2. The van der Waals surface area contributed by atoms with E-state index in [1.54, 1.807) is 0 Å². The second-order valence-corrected chi connectivity index (χ2v) is 11.0. The summed E-state index contributed by atoms with van der Waals surface area (Å²) in [6, 6.07) is 8.79. The van der Waals surface area contributed by atoms with Gasteiger partial charge < -0.3 is 10.4 Å². The van der Waals surface area contributed by atoms with Crippen molar-refractivity contribution in [3.8, 4) is 0 Å². The summed E-state index contributed by atoms with van der Waals surface area (Å²) in [7, 11) is 0. The standard InChI is InChI=1S/C18H16N4O4S4/c1-9-20-21-18(29-9)30-11-7-28-16-13(15(24)22(16)14(11)17(25)26)19-12(23)8-27-10-5-3-2-4-6-10/h2-6,13,16H,7-8H2,1H3,(H,19,23)(H,25,26)/t13-,16+/m1/s1. The van der Waals surface area contributed by atoms with E-state index in [0.29, 0.717) is 15.0 Å². The van der Waals surface area contributed by atoms with Crippen LogP contribution in [0.1, 0.15) is 5.01 Å². The molecule has 0 saturated carbocycles. The van der Waals surface area contributed by atoms with Gasteiger partial charge in [0.05, 0.1) is 5.75 Å². The molecule has 0 spiro atoms. The predicted molar refractivity (Wildman–Crippen MR) is 117 cm³/mol. The SMILES string of the molecule is Cc1nnc(SC2=C(C(=O)O)N3C(=O)[C@@H](NC(=O)CSc4ccccc4)[C@@H]3SC2)s1. The zero-order chi connectivity index (χ0) is 21.3. The van der Waals surface area contributed by atoms with Gasteiger partial charge in [0.25, 0.3) is 5.91 Å². The predicted octanol–water partition coefficient (Wildman–Crippen LogP) is 2.43. The first-order valence-electron chi connectivity index (χ1n) is 8.80. The van der Waals surface area contributed by atoms with Crippen LogP contribution in [0.2, 0.25) is 0 Å². The first kappa shape index (κ1) is 21.2. The number of carbonyl (C=O) groups is 3. The van der Waals surface area contributed by atoms with E-state index in [1.165, 1.54) is 51.5 Å².